The van der Waals surface area contributed by atoms with Crippen LogP contribution in [-0.2, 0) is 17.8 Å². The van der Waals surface area contributed by atoms with Crippen LogP contribution >= 0.6 is 0 Å². The molecule has 13 heavy (non-hydrogen) atoms. The number of carbonyl (C=O) groups is 1. The number of carboxylic acid groups (broad SMARTS) is 1. The quantitative estimate of drug-likeness (QED) is 0.732. The van der Waals surface area contributed by atoms with Crippen LogP contribution in [0.25, 0.3) is 0 Å². The molecule has 0 fully saturated rings. The van der Waals surface area contributed by atoms with Crippen molar-refractivity contribution in [3.8, 4) is 0 Å². The fraction of sp³-hybridized carbons (Fsp3) is 0.222. The van der Waals surface area contributed by atoms with Crippen LogP contribution in [0.4, 0.5) is 4.39 Å². The molecular weight excluding hydrogens is 173 g/mol. The van der Waals surface area contributed by atoms with Crippen molar-refractivity contribution in [2.45, 2.75) is 13.0 Å². The zero-order chi connectivity index (χ0) is 9.84. The van der Waals surface area contributed by atoms with Crippen LogP contribution in [0.1, 0.15) is 11.1 Å². The summed E-state index contributed by atoms with van der Waals surface area (Å²) in [6, 6.07) is 4.16. The molecular formula is C9H10FNO2. The lowest BCUT2D eigenvalue weighted by Crippen LogP contribution is -2.04. The Kier molecular flexibility index (Phi) is 2.97. The van der Waals surface area contributed by atoms with E-state index in [1.165, 1.54) is 18.2 Å². The van der Waals surface area contributed by atoms with Crippen molar-refractivity contribution in [2.24, 2.45) is 5.73 Å². The first-order valence-electron chi connectivity index (χ1n) is 3.82. The zero-order valence-corrected chi connectivity index (χ0v) is 6.96. The standard InChI is InChI=1S/C9H10FNO2/c10-8-2-1-6(4-9(12)13)3-7(8)5-11/h1-3H,4-5,11H2,(H,12,13). The van der Waals surface area contributed by atoms with E-state index >= 15 is 0 Å². The molecule has 3 N–H and O–H groups in total. The van der Waals surface area contributed by atoms with Gasteiger partial charge in [-0.15, -0.1) is 0 Å². The third-order valence-electron chi connectivity index (χ3n) is 1.69. The molecule has 0 radical (unpaired) electrons. The zero-order valence-electron chi connectivity index (χ0n) is 6.96. The molecule has 0 saturated heterocycles. The van der Waals surface area contributed by atoms with E-state index < -0.39 is 11.8 Å². The highest BCUT2D eigenvalue weighted by Crippen LogP contribution is 2.10. The topological polar surface area (TPSA) is 63.3 Å². The molecule has 4 heteroatoms. The Bertz CT molecular complexity index is 325. The van der Waals surface area contributed by atoms with Gasteiger partial charge in [-0.05, 0) is 11.6 Å². The summed E-state index contributed by atoms with van der Waals surface area (Å²) in [6.07, 6.45) is -0.104. The summed E-state index contributed by atoms with van der Waals surface area (Å²) in [5.74, 6) is -1.33. The average molecular weight is 183 g/mol. The van der Waals surface area contributed by atoms with Gasteiger partial charge >= 0.3 is 5.97 Å². The van der Waals surface area contributed by atoms with Crippen molar-refractivity contribution >= 4 is 5.97 Å². The third-order valence-corrected chi connectivity index (χ3v) is 1.69. The lowest BCUT2D eigenvalue weighted by Gasteiger charge is -2.02. The summed E-state index contributed by atoms with van der Waals surface area (Å²) in [5, 5.41) is 8.47. The van der Waals surface area contributed by atoms with E-state index in [9.17, 15) is 9.18 Å². The predicted octanol–water partition coefficient (Wildman–Crippen LogP) is 0.911. The van der Waals surface area contributed by atoms with Gasteiger partial charge in [0.2, 0.25) is 0 Å². The van der Waals surface area contributed by atoms with Gasteiger partial charge in [-0.3, -0.25) is 4.79 Å². The fourth-order valence-electron chi connectivity index (χ4n) is 1.07. The summed E-state index contributed by atoms with van der Waals surface area (Å²) in [5.41, 5.74) is 6.17. The Morgan fingerprint density at radius 3 is 2.77 bits per heavy atom. The second kappa shape index (κ2) is 4.00. The third kappa shape index (κ3) is 2.52. The number of hydrogen-bond acceptors (Lipinski definition) is 2. The van der Waals surface area contributed by atoms with Gasteiger partial charge in [-0.2, -0.15) is 0 Å². The summed E-state index contributed by atoms with van der Waals surface area (Å²) in [7, 11) is 0. The normalized spacial score (nSPS) is 10.0. The lowest BCUT2D eigenvalue weighted by molar-refractivity contribution is -0.136. The lowest BCUT2D eigenvalue weighted by atomic mass is 10.1. The monoisotopic (exact) mass is 183 g/mol. The Hall–Kier alpha value is -1.42. The molecule has 0 heterocycles. The molecule has 0 aliphatic carbocycles. The molecule has 70 valence electrons. The van der Waals surface area contributed by atoms with Crippen LogP contribution < -0.4 is 5.73 Å². The van der Waals surface area contributed by atoms with E-state index in [0.29, 0.717) is 11.1 Å². The Morgan fingerprint density at radius 2 is 2.23 bits per heavy atom. The molecule has 0 atom stereocenters. The van der Waals surface area contributed by atoms with Gasteiger partial charge in [0.05, 0.1) is 6.42 Å². The maximum absolute atomic E-state index is 12.9. The van der Waals surface area contributed by atoms with Gasteiger partial charge in [0.25, 0.3) is 0 Å². The number of rotatable bonds is 3. The van der Waals surface area contributed by atoms with Crippen molar-refractivity contribution in [1.82, 2.24) is 0 Å². The molecule has 0 amide bonds. The minimum Gasteiger partial charge on any atom is -0.481 e. The Morgan fingerprint density at radius 1 is 1.54 bits per heavy atom. The van der Waals surface area contributed by atoms with Crippen LogP contribution in [0.5, 0.6) is 0 Å². The van der Waals surface area contributed by atoms with E-state index in [1.54, 1.807) is 0 Å². The molecule has 0 aliphatic rings. The van der Waals surface area contributed by atoms with Crippen molar-refractivity contribution in [2.75, 3.05) is 0 Å². The molecule has 3 nitrogen and oxygen atoms in total. The highest BCUT2D eigenvalue weighted by atomic mass is 19.1. The SMILES string of the molecule is NCc1cc(CC(=O)O)ccc1F. The molecule has 0 aromatic heterocycles. The second-order valence-corrected chi connectivity index (χ2v) is 2.70. The first-order chi connectivity index (χ1) is 6.13. The minimum atomic E-state index is -0.936. The van der Waals surface area contributed by atoms with Gasteiger partial charge in [-0.25, -0.2) is 4.39 Å². The number of carboxylic acids is 1. The van der Waals surface area contributed by atoms with E-state index in [-0.39, 0.29) is 13.0 Å². The fourth-order valence-corrected chi connectivity index (χ4v) is 1.07. The van der Waals surface area contributed by atoms with Crippen molar-refractivity contribution in [3.63, 3.8) is 0 Å². The number of nitrogens with two attached hydrogens (primary N) is 1. The molecule has 0 spiro atoms. The summed E-state index contributed by atoms with van der Waals surface area (Å²) in [6.45, 7) is 0.0826. The Labute approximate surface area is 75.0 Å². The van der Waals surface area contributed by atoms with Gasteiger partial charge in [0, 0.05) is 12.1 Å². The molecule has 0 bridgehead atoms. The highest BCUT2D eigenvalue weighted by molar-refractivity contribution is 5.70. The molecule has 1 aromatic carbocycles. The van der Waals surface area contributed by atoms with Crippen LogP contribution in [0.2, 0.25) is 0 Å². The Balaban J connectivity index is 2.92. The van der Waals surface area contributed by atoms with Crippen LogP contribution in [0.15, 0.2) is 18.2 Å². The predicted molar refractivity (Wildman–Crippen MR) is 45.6 cm³/mol. The number of halogens is 1. The summed E-state index contributed by atoms with van der Waals surface area (Å²) >= 11 is 0. The highest BCUT2D eigenvalue weighted by Gasteiger charge is 2.04. The molecule has 0 aliphatic heterocycles. The van der Waals surface area contributed by atoms with Crippen molar-refractivity contribution in [3.05, 3.63) is 35.1 Å². The van der Waals surface area contributed by atoms with E-state index in [1.807, 2.05) is 0 Å². The maximum atomic E-state index is 12.9. The van der Waals surface area contributed by atoms with E-state index in [0.717, 1.165) is 0 Å². The maximum Gasteiger partial charge on any atom is 0.307 e. The number of aliphatic carboxylic acids is 1. The molecule has 0 saturated carbocycles. The van der Waals surface area contributed by atoms with Crippen LogP contribution in [0, 0.1) is 5.82 Å². The molecule has 0 unspecified atom stereocenters. The average Bonchev–Trinajstić information content (AvgIpc) is 2.07. The summed E-state index contributed by atoms with van der Waals surface area (Å²) < 4.78 is 12.9. The van der Waals surface area contributed by atoms with Crippen LogP contribution in [-0.4, -0.2) is 11.1 Å². The van der Waals surface area contributed by atoms with E-state index in [2.05, 4.69) is 0 Å². The second-order valence-electron chi connectivity index (χ2n) is 2.70. The van der Waals surface area contributed by atoms with Gasteiger partial charge in [0.1, 0.15) is 5.82 Å². The molecule has 1 aromatic rings. The van der Waals surface area contributed by atoms with Crippen molar-refractivity contribution in [1.29, 1.82) is 0 Å². The smallest absolute Gasteiger partial charge is 0.307 e. The van der Waals surface area contributed by atoms with Crippen LogP contribution in [0.3, 0.4) is 0 Å². The van der Waals surface area contributed by atoms with Gasteiger partial charge < -0.3 is 10.8 Å². The number of benzene rings is 1. The van der Waals surface area contributed by atoms with E-state index in [4.69, 9.17) is 10.8 Å². The minimum absolute atomic E-state index is 0.0826. The first kappa shape index (κ1) is 9.67. The largest absolute Gasteiger partial charge is 0.481 e. The summed E-state index contributed by atoms with van der Waals surface area (Å²) in [4.78, 5) is 10.3. The molecule has 1 rings (SSSR count). The van der Waals surface area contributed by atoms with Crippen molar-refractivity contribution < 1.29 is 14.3 Å². The van der Waals surface area contributed by atoms with Gasteiger partial charge in [0.15, 0.2) is 0 Å². The first-order valence-corrected chi connectivity index (χ1v) is 3.82. The number of hydrogen-bond donors (Lipinski definition) is 2. The van der Waals surface area contributed by atoms with Gasteiger partial charge in [-0.1, -0.05) is 12.1 Å².